The van der Waals surface area contributed by atoms with E-state index in [1.54, 1.807) is 7.11 Å². The van der Waals surface area contributed by atoms with Gasteiger partial charge in [0.2, 0.25) is 0 Å². The average molecular weight is 339 g/mol. The van der Waals surface area contributed by atoms with Gasteiger partial charge in [-0.1, -0.05) is 24.3 Å². The number of esters is 1. The van der Waals surface area contributed by atoms with Crippen LogP contribution in [0.3, 0.4) is 0 Å². The molecule has 25 heavy (non-hydrogen) atoms. The van der Waals surface area contributed by atoms with E-state index in [4.69, 9.17) is 9.47 Å². The van der Waals surface area contributed by atoms with E-state index in [0.29, 0.717) is 6.42 Å². The predicted octanol–water partition coefficient (Wildman–Crippen LogP) is 4.36. The van der Waals surface area contributed by atoms with Crippen LogP contribution < -0.4 is 10.1 Å². The monoisotopic (exact) mass is 339 g/mol. The molecule has 132 valence electrons. The van der Waals surface area contributed by atoms with Gasteiger partial charge in [0.1, 0.15) is 11.4 Å². The Morgan fingerprint density at radius 1 is 1.08 bits per heavy atom. The minimum absolute atomic E-state index is 0.0977. The molecule has 0 saturated carbocycles. The van der Waals surface area contributed by atoms with Crippen LogP contribution in [0.15, 0.2) is 48.5 Å². The Bertz CT molecular complexity index is 746. The number of benzene rings is 2. The number of rotatable bonds is 4. The summed E-state index contributed by atoms with van der Waals surface area (Å²) >= 11 is 0. The number of methoxy groups -OCH3 is 1. The van der Waals surface area contributed by atoms with Crippen molar-refractivity contribution >= 4 is 11.7 Å². The van der Waals surface area contributed by atoms with Crippen molar-refractivity contribution in [1.82, 2.24) is 0 Å². The fraction of sp³-hybridized carbons (Fsp3) is 0.381. The Kier molecular flexibility index (Phi) is 4.71. The molecule has 4 heteroatoms. The molecule has 4 nitrogen and oxygen atoms in total. The molecule has 2 aromatic rings. The first-order valence-corrected chi connectivity index (χ1v) is 8.58. The van der Waals surface area contributed by atoms with E-state index in [-0.39, 0.29) is 17.9 Å². The van der Waals surface area contributed by atoms with Crippen molar-refractivity contribution in [2.24, 2.45) is 5.92 Å². The molecule has 0 amide bonds. The lowest BCUT2D eigenvalue weighted by Crippen LogP contribution is -2.32. The summed E-state index contributed by atoms with van der Waals surface area (Å²) in [7, 11) is 1.65. The van der Waals surface area contributed by atoms with Gasteiger partial charge in [0, 0.05) is 5.69 Å². The lowest BCUT2D eigenvalue weighted by molar-refractivity contribution is -0.160. The number of nitrogens with one attached hydrogen (secondary N) is 1. The standard InChI is InChI=1S/C21H25NO3/c1-21(2,3)25-20(23)18-13-14-7-5-6-8-17(14)19(18)22-15-9-11-16(24-4)12-10-15/h5-12,18-19,22H,13H2,1-4H3/t18-,19+/m0/s1. The van der Waals surface area contributed by atoms with Crippen LogP contribution in [-0.4, -0.2) is 18.7 Å². The normalized spacial score (nSPS) is 19.2. The highest BCUT2D eigenvalue weighted by atomic mass is 16.6. The van der Waals surface area contributed by atoms with Gasteiger partial charge in [-0.2, -0.15) is 0 Å². The third-order valence-corrected chi connectivity index (χ3v) is 4.35. The van der Waals surface area contributed by atoms with Crippen molar-refractivity contribution in [3.8, 4) is 5.75 Å². The smallest absolute Gasteiger partial charge is 0.312 e. The average Bonchev–Trinajstić information content (AvgIpc) is 2.93. The van der Waals surface area contributed by atoms with Gasteiger partial charge in [0.25, 0.3) is 0 Å². The summed E-state index contributed by atoms with van der Waals surface area (Å²) in [5.41, 5.74) is 2.82. The highest BCUT2D eigenvalue weighted by Gasteiger charge is 2.39. The zero-order valence-electron chi connectivity index (χ0n) is 15.2. The van der Waals surface area contributed by atoms with Crippen molar-refractivity contribution < 1.29 is 14.3 Å². The molecule has 0 heterocycles. The van der Waals surface area contributed by atoms with Gasteiger partial charge in [0.15, 0.2) is 0 Å². The molecular weight excluding hydrogens is 314 g/mol. The third-order valence-electron chi connectivity index (χ3n) is 4.35. The maximum absolute atomic E-state index is 12.7. The lowest BCUT2D eigenvalue weighted by atomic mass is 9.99. The molecule has 1 aliphatic rings. The number of anilines is 1. The van der Waals surface area contributed by atoms with E-state index in [2.05, 4.69) is 17.4 Å². The Balaban J connectivity index is 1.86. The molecule has 0 radical (unpaired) electrons. The zero-order chi connectivity index (χ0) is 18.0. The molecule has 0 aromatic heterocycles. The molecule has 0 aliphatic heterocycles. The van der Waals surface area contributed by atoms with Crippen molar-refractivity contribution in [2.45, 2.75) is 38.8 Å². The van der Waals surface area contributed by atoms with Crippen LogP contribution in [0, 0.1) is 5.92 Å². The van der Waals surface area contributed by atoms with Crippen molar-refractivity contribution in [1.29, 1.82) is 0 Å². The largest absolute Gasteiger partial charge is 0.497 e. The summed E-state index contributed by atoms with van der Waals surface area (Å²) in [6, 6.07) is 15.8. The first-order valence-electron chi connectivity index (χ1n) is 8.58. The molecule has 0 spiro atoms. The van der Waals surface area contributed by atoms with Crippen LogP contribution in [0.1, 0.15) is 37.9 Å². The highest BCUT2D eigenvalue weighted by Crippen LogP contribution is 2.39. The molecule has 0 fully saturated rings. The van der Waals surface area contributed by atoms with E-state index in [1.807, 2.05) is 57.2 Å². The van der Waals surface area contributed by atoms with Crippen LogP contribution in [-0.2, 0) is 16.0 Å². The van der Waals surface area contributed by atoms with E-state index in [0.717, 1.165) is 17.0 Å². The summed E-state index contributed by atoms with van der Waals surface area (Å²) in [4.78, 5) is 12.7. The number of ether oxygens (including phenoxy) is 2. The summed E-state index contributed by atoms with van der Waals surface area (Å²) in [6.07, 6.45) is 0.693. The Labute approximate surface area is 149 Å². The topological polar surface area (TPSA) is 47.6 Å². The Morgan fingerprint density at radius 2 is 1.76 bits per heavy atom. The molecular formula is C21H25NO3. The Morgan fingerprint density at radius 3 is 2.40 bits per heavy atom. The van der Waals surface area contributed by atoms with E-state index in [1.165, 1.54) is 5.56 Å². The number of carbonyl (C=O) groups is 1. The number of hydrogen-bond acceptors (Lipinski definition) is 4. The fourth-order valence-corrected chi connectivity index (χ4v) is 3.24. The van der Waals surface area contributed by atoms with Gasteiger partial charge in [-0.15, -0.1) is 0 Å². The number of fused-ring (bicyclic) bond motifs is 1. The molecule has 2 aromatic carbocycles. The minimum Gasteiger partial charge on any atom is -0.497 e. The molecule has 0 saturated heterocycles. The van der Waals surface area contributed by atoms with E-state index in [9.17, 15) is 4.79 Å². The summed E-state index contributed by atoms with van der Waals surface area (Å²) in [5.74, 6) is 0.412. The van der Waals surface area contributed by atoms with Gasteiger partial charge < -0.3 is 14.8 Å². The summed E-state index contributed by atoms with van der Waals surface area (Å²) in [5, 5.41) is 3.51. The Hall–Kier alpha value is -2.49. The second-order valence-corrected chi connectivity index (χ2v) is 7.39. The van der Waals surface area contributed by atoms with Crippen LogP contribution in [0.25, 0.3) is 0 Å². The zero-order valence-corrected chi connectivity index (χ0v) is 15.2. The first kappa shape index (κ1) is 17.3. The minimum atomic E-state index is -0.490. The molecule has 0 bridgehead atoms. The van der Waals surface area contributed by atoms with Gasteiger partial charge in [-0.3, -0.25) is 4.79 Å². The van der Waals surface area contributed by atoms with Crippen LogP contribution in [0.2, 0.25) is 0 Å². The first-order chi connectivity index (χ1) is 11.9. The lowest BCUT2D eigenvalue weighted by Gasteiger charge is -2.26. The highest BCUT2D eigenvalue weighted by molar-refractivity contribution is 5.77. The molecule has 1 N–H and O–H groups in total. The number of hydrogen-bond donors (Lipinski definition) is 1. The third kappa shape index (κ3) is 3.95. The summed E-state index contributed by atoms with van der Waals surface area (Å²) < 4.78 is 10.9. The van der Waals surface area contributed by atoms with Crippen LogP contribution >= 0.6 is 0 Å². The maximum Gasteiger partial charge on any atom is 0.312 e. The van der Waals surface area contributed by atoms with Gasteiger partial charge in [-0.25, -0.2) is 0 Å². The second kappa shape index (κ2) is 6.79. The van der Waals surface area contributed by atoms with E-state index < -0.39 is 5.60 Å². The van der Waals surface area contributed by atoms with Crippen molar-refractivity contribution in [2.75, 3.05) is 12.4 Å². The van der Waals surface area contributed by atoms with Crippen molar-refractivity contribution in [3.05, 3.63) is 59.7 Å². The summed E-state index contributed by atoms with van der Waals surface area (Å²) in [6.45, 7) is 5.71. The van der Waals surface area contributed by atoms with Gasteiger partial charge in [0.05, 0.1) is 19.1 Å². The molecule has 2 atom stereocenters. The molecule has 3 rings (SSSR count). The van der Waals surface area contributed by atoms with Gasteiger partial charge in [-0.05, 0) is 62.6 Å². The van der Waals surface area contributed by atoms with Crippen molar-refractivity contribution in [3.63, 3.8) is 0 Å². The maximum atomic E-state index is 12.7. The van der Waals surface area contributed by atoms with E-state index >= 15 is 0 Å². The molecule has 1 aliphatic carbocycles. The van der Waals surface area contributed by atoms with Crippen LogP contribution in [0.4, 0.5) is 5.69 Å². The fourth-order valence-electron chi connectivity index (χ4n) is 3.24. The van der Waals surface area contributed by atoms with Crippen LogP contribution in [0.5, 0.6) is 5.75 Å². The molecule has 0 unspecified atom stereocenters. The second-order valence-electron chi connectivity index (χ2n) is 7.39. The predicted molar refractivity (Wildman–Crippen MR) is 98.8 cm³/mol. The van der Waals surface area contributed by atoms with Gasteiger partial charge >= 0.3 is 5.97 Å². The SMILES string of the molecule is COc1ccc(N[C@@H]2c3ccccc3C[C@@H]2C(=O)OC(C)(C)C)cc1. The quantitative estimate of drug-likeness (QED) is 0.841. The number of carbonyl (C=O) groups excluding carboxylic acids is 1.